The van der Waals surface area contributed by atoms with E-state index >= 15 is 0 Å². The molecule has 3 nitrogen and oxygen atoms in total. The first-order chi connectivity index (χ1) is 7.16. The molecule has 1 aromatic rings. The highest BCUT2D eigenvalue weighted by Crippen LogP contribution is 2.13. The first-order valence-corrected chi connectivity index (χ1v) is 2.88. The number of pyridine rings is 1. The summed E-state index contributed by atoms with van der Waals surface area (Å²) in [5, 5.41) is 17.5. The maximum absolute atomic E-state index is 12.6. The Balaban J connectivity index is 3.52. The zero-order chi connectivity index (χ0) is 12.7. The molecule has 0 radical (unpaired) electrons. The van der Waals surface area contributed by atoms with Gasteiger partial charge < -0.3 is 10.0 Å². The van der Waals surface area contributed by atoms with E-state index in [-0.39, 0.29) is 0 Å². The van der Waals surface area contributed by atoms with E-state index < -0.39 is 42.9 Å². The van der Waals surface area contributed by atoms with Crippen molar-refractivity contribution < 1.29 is 24.3 Å². The Morgan fingerprint density at radius 1 is 1.58 bits per heavy atom. The Morgan fingerprint density at radius 2 is 2.25 bits per heavy atom. The van der Waals surface area contributed by atoms with Gasteiger partial charge >= 0.3 is 7.12 Å². The minimum atomic E-state index is -4.21. The highest BCUT2D eigenvalue weighted by atomic mass is 19.3. The Labute approximate surface area is 73.4 Å². The average molecular weight is 177 g/mol. The Hall–Kier alpha value is -1.01. The number of halogens is 2. The Morgan fingerprint density at radius 3 is 2.75 bits per heavy atom. The molecule has 0 saturated carbocycles. The van der Waals surface area contributed by atoms with Gasteiger partial charge in [0.15, 0.2) is 0 Å². The number of hydrogen-bond acceptors (Lipinski definition) is 3. The molecule has 1 rings (SSSR count). The van der Waals surface area contributed by atoms with Crippen molar-refractivity contribution in [2.24, 2.45) is 0 Å². The first kappa shape index (κ1) is 4.88. The van der Waals surface area contributed by atoms with E-state index in [2.05, 4.69) is 4.98 Å². The molecule has 0 saturated heterocycles. The summed E-state index contributed by atoms with van der Waals surface area (Å²) in [4.78, 5) is 2.93. The van der Waals surface area contributed by atoms with Crippen molar-refractivity contribution in [3.8, 4) is 0 Å². The van der Waals surface area contributed by atoms with Gasteiger partial charge in [0, 0.05) is 11.6 Å². The molecular weight excluding hydrogens is 167 g/mol. The maximum atomic E-state index is 12.6. The Kier molecular flexibility index (Phi) is 1.46. The van der Waals surface area contributed by atoms with Gasteiger partial charge in [-0.25, -0.2) is 8.78 Å². The van der Waals surface area contributed by atoms with Crippen molar-refractivity contribution in [2.75, 3.05) is 0 Å². The topological polar surface area (TPSA) is 53.4 Å². The summed E-state index contributed by atoms with van der Waals surface area (Å²) >= 11 is 0. The van der Waals surface area contributed by atoms with Crippen LogP contribution in [0.3, 0.4) is 0 Å². The normalized spacial score (nSPS) is 16.0. The molecule has 0 amide bonds. The summed E-state index contributed by atoms with van der Waals surface area (Å²) in [6.45, 7) is 0. The zero-order valence-electron chi connectivity index (χ0n) is 9.67. The van der Waals surface area contributed by atoms with Gasteiger partial charge in [-0.15, -0.1) is 0 Å². The summed E-state index contributed by atoms with van der Waals surface area (Å²) in [5.74, 6) is 0. The number of alkyl halides is 2. The van der Waals surface area contributed by atoms with Gasteiger partial charge in [0.05, 0.1) is 4.11 Å². The number of rotatable bonds is 2. The second kappa shape index (κ2) is 3.60. The minimum Gasteiger partial charge on any atom is -0.423 e. The van der Waals surface area contributed by atoms with Gasteiger partial charge in [-0.3, -0.25) is 4.98 Å². The van der Waals surface area contributed by atoms with E-state index in [0.29, 0.717) is 0 Å². The van der Waals surface area contributed by atoms with Crippen molar-refractivity contribution in [1.82, 2.24) is 4.98 Å². The third-order valence-corrected chi connectivity index (χ3v) is 1.04. The van der Waals surface area contributed by atoms with Crippen LogP contribution in [0.5, 0.6) is 0 Å². The van der Waals surface area contributed by atoms with Crippen LogP contribution in [0.1, 0.15) is 17.6 Å². The van der Waals surface area contributed by atoms with Crippen LogP contribution in [0.4, 0.5) is 8.78 Å². The highest BCUT2D eigenvalue weighted by Gasteiger charge is 2.13. The highest BCUT2D eigenvalue weighted by molar-refractivity contribution is 6.58. The molecule has 0 atom stereocenters. The van der Waals surface area contributed by atoms with Gasteiger partial charge in [-0.2, -0.15) is 0 Å². The van der Waals surface area contributed by atoms with E-state index in [9.17, 15) is 8.78 Å². The molecule has 0 spiro atoms. The molecule has 0 aliphatic rings. The van der Waals surface area contributed by atoms with Gasteiger partial charge in [0.1, 0.15) is 7.06 Å². The molecule has 0 aliphatic heterocycles. The van der Waals surface area contributed by atoms with Crippen LogP contribution in [0, 0.1) is 0 Å². The van der Waals surface area contributed by atoms with Crippen molar-refractivity contribution >= 4 is 12.6 Å². The van der Waals surface area contributed by atoms with Crippen LogP contribution in [0.25, 0.3) is 0 Å². The van der Waals surface area contributed by atoms with Gasteiger partial charge in [0.25, 0.3) is 6.40 Å². The summed E-state index contributed by atoms with van der Waals surface area (Å²) < 4.78 is 53.0. The van der Waals surface area contributed by atoms with Crippen LogP contribution in [0.2, 0.25) is 0 Å². The lowest BCUT2D eigenvalue weighted by molar-refractivity contribution is 0.146. The molecule has 1 heterocycles. The lowest BCUT2D eigenvalue weighted by Gasteiger charge is -2.00. The number of aromatic nitrogens is 1. The molecule has 0 aliphatic carbocycles. The zero-order valence-corrected chi connectivity index (χ0v) is 5.67. The third-order valence-electron chi connectivity index (χ3n) is 1.04. The molecule has 0 fully saturated rings. The standard InChI is InChI=1S/C6H6BF2NO2/c8-6(9)5-2-1-4(3-10-5)7(11)12/h1-3,6,11-12H/i1D,2D,3D,6D. The van der Waals surface area contributed by atoms with E-state index in [1.807, 2.05) is 0 Å². The predicted octanol–water partition coefficient (Wildman–Crippen LogP) is -0.301. The SMILES string of the molecule is [2H]c1nc(C([2H])(F)F)c([2H])c([2H])c1B(O)O. The molecule has 12 heavy (non-hydrogen) atoms. The van der Waals surface area contributed by atoms with Crippen molar-refractivity contribution in [3.63, 3.8) is 0 Å². The smallest absolute Gasteiger partial charge is 0.423 e. The van der Waals surface area contributed by atoms with E-state index in [1.165, 1.54) is 0 Å². The van der Waals surface area contributed by atoms with Gasteiger partial charge in [-0.05, 0) is 6.04 Å². The van der Waals surface area contributed by atoms with Crippen molar-refractivity contribution in [2.45, 2.75) is 6.40 Å². The van der Waals surface area contributed by atoms with E-state index in [1.54, 1.807) is 0 Å². The lowest BCUT2D eigenvalue weighted by Crippen LogP contribution is -2.30. The van der Waals surface area contributed by atoms with Crippen molar-refractivity contribution in [3.05, 3.63) is 24.0 Å². The predicted molar refractivity (Wildman–Crippen MR) is 39.0 cm³/mol. The molecule has 64 valence electrons. The number of nitrogens with zero attached hydrogens (tertiary/aromatic N) is 1. The van der Waals surface area contributed by atoms with Crippen LogP contribution in [-0.2, 0) is 0 Å². The fraction of sp³-hybridized carbons (Fsp3) is 0.167. The Bertz CT molecular complexity index is 426. The fourth-order valence-electron chi connectivity index (χ4n) is 0.510. The molecule has 0 unspecified atom stereocenters. The third kappa shape index (κ3) is 1.99. The monoisotopic (exact) mass is 177 g/mol. The first-order valence-electron chi connectivity index (χ1n) is 4.88. The van der Waals surface area contributed by atoms with Crippen LogP contribution < -0.4 is 5.46 Å². The largest absolute Gasteiger partial charge is 0.490 e. The maximum Gasteiger partial charge on any atom is 0.490 e. The van der Waals surface area contributed by atoms with E-state index in [0.717, 1.165) is 0 Å². The lowest BCUT2D eigenvalue weighted by atomic mass is 9.82. The molecular formula is C6H6BF2NO2. The quantitative estimate of drug-likeness (QED) is 0.609. The van der Waals surface area contributed by atoms with E-state index in [4.69, 9.17) is 15.5 Å². The van der Waals surface area contributed by atoms with Crippen LogP contribution in [-0.4, -0.2) is 22.2 Å². The summed E-state index contributed by atoms with van der Waals surface area (Å²) in [6.07, 6.45) is -5.17. The number of hydrogen-bond donors (Lipinski definition) is 2. The van der Waals surface area contributed by atoms with Gasteiger partial charge in [-0.1, -0.05) is 6.04 Å². The van der Waals surface area contributed by atoms with Crippen molar-refractivity contribution in [1.29, 1.82) is 0 Å². The van der Waals surface area contributed by atoms with Crippen LogP contribution in [0.15, 0.2) is 18.3 Å². The average Bonchev–Trinajstić information content (AvgIpc) is 2.09. The summed E-state index contributed by atoms with van der Waals surface area (Å²) in [7, 11) is -2.25. The summed E-state index contributed by atoms with van der Waals surface area (Å²) in [6, 6.07) is -2.05. The fourth-order valence-corrected chi connectivity index (χ4v) is 0.510. The van der Waals surface area contributed by atoms with Crippen LogP contribution >= 0.6 is 0 Å². The molecule has 1 aromatic heterocycles. The second-order valence-corrected chi connectivity index (χ2v) is 1.87. The minimum absolute atomic E-state index is 0.738. The molecule has 0 aromatic carbocycles. The second-order valence-electron chi connectivity index (χ2n) is 1.87. The molecule has 2 N–H and O–H groups in total. The molecule has 0 bridgehead atoms. The summed E-state index contributed by atoms with van der Waals surface area (Å²) in [5.41, 5.74) is -2.09. The van der Waals surface area contributed by atoms with Gasteiger partial charge in [0.2, 0.25) is 0 Å². The molecule has 6 heteroatoms.